The molecule has 0 bridgehead atoms. The molecule has 1 aromatic rings. The van der Waals surface area contributed by atoms with Gasteiger partial charge in [0, 0.05) is 12.5 Å². The number of hydrogen-bond acceptors (Lipinski definition) is 2. The molecule has 0 saturated heterocycles. The van der Waals surface area contributed by atoms with E-state index in [1.54, 1.807) is 0 Å². The minimum atomic E-state index is -0.229. The smallest absolute Gasteiger partial charge is 0.0775 e. The van der Waals surface area contributed by atoms with E-state index in [-0.39, 0.29) is 12.1 Å². The summed E-state index contributed by atoms with van der Waals surface area (Å²) >= 11 is 0. The lowest BCUT2D eigenvalue weighted by Gasteiger charge is -2.17. The fourth-order valence-corrected chi connectivity index (χ4v) is 2.28. The minimum absolute atomic E-state index is 0.179. The summed E-state index contributed by atoms with van der Waals surface area (Å²) in [4.78, 5) is 0. The van der Waals surface area contributed by atoms with Crippen LogP contribution < -0.4 is 5.32 Å². The highest BCUT2D eigenvalue weighted by Crippen LogP contribution is 2.34. The van der Waals surface area contributed by atoms with E-state index < -0.39 is 0 Å². The van der Waals surface area contributed by atoms with Crippen LogP contribution in [0.15, 0.2) is 24.3 Å². The number of hydrogen-bond donors (Lipinski definition) is 2. The Bertz CT molecular complexity index is 346. The predicted molar refractivity (Wildman–Crippen MR) is 55.1 cm³/mol. The van der Waals surface area contributed by atoms with Crippen molar-refractivity contribution in [1.82, 2.24) is 5.32 Å². The Labute approximate surface area is 84.0 Å². The van der Waals surface area contributed by atoms with Gasteiger partial charge in [0.15, 0.2) is 0 Å². The summed E-state index contributed by atoms with van der Waals surface area (Å²) in [6.07, 6.45) is 3.12. The van der Waals surface area contributed by atoms with E-state index in [0.29, 0.717) is 6.04 Å². The van der Waals surface area contributed by atoms with Gasteiger partial charge in [0.2, 0.25) is 0 Å². The van der Waals surface area contributed by atoms with Gasteiger partial charge in [-0.05, 0) is 24.0 Å². The summed E-state index contributed by atoms with van der Waals surface area (Å²) in [5, 5.41) is 13.4. The molecule has 2 nitrogen and oxygen atoms in total. The molecule has 2 heteroatoms. The number of nitrogens with one attached hydrogen (secondary N) is 1. The first-order chi connectivity index (χ1) is 6.84. The number of rotatable bonds is 2. The zero-order valence-corrected chi connectivity index (χ0v) is 8.11. The first-order valence-corrected chi connectivity index (χ1v) is 5.36. The standard InChI is InChI=1S/C12H15NO/c14-11-7-8-3-1-2-4-10(8)12(11)13-9-5-6-9/h1-4,9,11-14H,5-7H2/t11-,12+/m0/s1. The van der Waals surface area contributed by atoms with Crippen LogP contribution in [-0.4, -0.2) is 17.3 Å². The lowest BCUT2D eigenvalue weighted by molar-refractivity contribution is 0.140. The number of benzene rings is 1. The maximum atomic E-state index is 9.92. The highest BCUT2D eigenvalue weighted by Gasteiger charge is 2.34. The predicted octanol–water partition coefficient (Wildman–Crippen LogP) is 1.40. The van der Waals surface area contributed by atoms with Gasteiger partial charge in [-0.25, -0.2) is 0 Å². The van der Waals surface area contributed by atoms with Gasteiger partial charge in [-0.3, -0.25) is 0 Å². The maximum absolute atomic E-state index is 9.92. The number of aliphatic hydroxyl groups is 1. The largest absolute Gasteiger partial charge is 0.391 e. The number of aliphatic hydroxyl groups excluding tert-OH is 1. The summed E-state index contributed by atoms with van der Waals surface area (Å²) in [7, 11) is 0. The first-order valence-electron chi connectivity index (χ1n) is 5.36. The average Bonchev–Trinajstić information content (AvgIpc) is 2.93. The molecule has 14 heavy (non-hydrogen) atoms. The van der Waals surface area contributed by atoms with Gasteiger partial charge in [0.05, 0.1) is 12.1 Å². The molecule has 0 aliphatic heterocycles. The first kappa shape index (κ1) is 8.45. The molecule has 3 rings (SSSR count). The molecular formula is C12H15NO. The van der Waals surface area contributed by atoms with Crippen LogP contribution in [0.5, 0.6) is 0 Å². The summed E-state index contributed by atoms with van der Waals surface area (Å²) in [6.45, 7) is 0. The molecular weight excluding hydrogens is 174 g/mol. The third kappa shape index (κ3) is 1.35. The summed E-state index contributed by atoms with van der Waals surface area (Å²) < 4.78 is 0. The molecule has 1 fully saturated rings. The van der Waals surface area contributed by atoms with Crippen molar-refractivity contribution in [3.63, 3.8) is 0 Å². The molecule has 1 saturated carbocycles. The van der Waals surface area contributed by atoms with Crippen LogP contribution in [0.4, 0.5) is 0 Å². The van der Waals surface area contributed by atoms with Gasteiger partial charge in [-0.2, -0.15) is 0 Å². The van der Waals surface area contributed by atoms with Gasteiger partial charge >= 0.3 is 0 Å². The molecule has 0 amide bonds. The van der Waals surface area contributed by atoms with Crippen molar-refractivity contribution in [2.75, 3.05) is 0 Å². The number of fused-ring (bicyclic) bond motifs is 1. The summed E-state index contributed by atoms with van der Waals surface area (Å²) in [5.74, 6) is 0. The van der Waals surface area contributed by atoms with E-state index in [4.69, 9.17) is 0 Å². The van der Waals surface area contributed by atoms with E-state index in [2.05, 4.69) is 23.5 Å². The second-order valence-corrected chi connectivity index (χ2v) is 4.39. The van der Waals surface area contributed by atoms with Crippen molar-refractivity contribution < 1.29 is 5.11 Å². The van der Waals surface area contributed by atoms with Crippen LogP contribution in [0, 0.1) is 0 Å². The van der Waals surface area contributed by atoms with Crippen molar-refractivity contribution in [3.8, 4) is 0 Å². The van der Waals surface area contributed by atoms with Gasteiger partial charge < -0.3 is 10.4 Å². The van der Waals surface area contributed by atoms with Crippen molar-refractivity contribution in [3.05, 3.63) is 35.4 Å². The molecule has 2 aliphatic carbocycles. The highest BCUT2D eigenvalue weighted by molar-refractivity contribution is 5.36. The minimum Gasteiger partial charge on any atom is -0.391 e. The fourth-order valence-electron chi connectivity index (χ4n) is 2.28. The Balaban J connectivity index is 1.88. The lowest BCUT2D eigenvalue weighted by Crippen LogP contribution is -2.30. The second-order valence-electron chi connectivity index (χ2n) is 4.39. The Morgan fingerprint density at radius 2 is 2.00 bits per heavy atom. The Morgan fingerprint density at radius 3 is 2.79 bits per heavy atom. The quantitative estimate of drug-likeness (QED) is 0.737. The summed E-state index contributed by atoms with van der Waals surface area (Å²) in [5.41, 5.74) is 2.60. The topological polar surface area (TPSA) is 32.3 Å². The van der Waals surface area contributed by atoms with Gasteiger partial charge in [0.25, 0.3) is 0 Å². The molecule has 0 radical (unpaired) electrons. The van der Waals surface area contributed by atoms with Gasteiger partial charge in [-0.1, -0.05) is 24.3 Å². The van der Waals surface area contributed by atoms with Gasteiger partial charge in [0.1, 0.15) is 0 Å². The normalized spacial score (nSPS) is 30.4. The van der Waals surface area contributed by atoms with E-state index in [0.717, 1.165) is 6.42 Å². The fraction of sp³-hybridized carbons (Fsp3) is 0.500. The van der Waals surface area contributed by atoms with Crippen LogP contribution >= 0.6 is 0 Å². The molecule has 2 atom stereocenters. The van der Waals surface area contributed by atoms with Crippen LogP contribution in [0.3, 0.4) is 0 Å². The Morgan fingerprint density at radius 1 is 1.21 bits per heavy atom. The molecule has 1 aromatic carbocycles. The van der Waals surface area contributed by atoms with Crippen LogP contribution in [0.1, 0.15) is 30.0 Å². The monoisotopic (exact) mass is 189 g/mol. The van der Waals surface area contributed by atoms with Crippen molar-refractivity contribution >= 4 is 0 Å². The molecule has 74 valence electrons. The zero-order valence-electron chi connectivity index (χ0n) is 8.11. The zero-order chi connectivity index (χ0) is 9.54. The van der Waals surface area contributed by atoms with Crippen LogP contribution in [0.2, 0.25) is 0 Å². The molecule has 2 N–H and O–H groups in total. The third-order valence-electron chi connectivity index (χ3n) is 3.20. The van der Waals surface area contributed by atoms with E-state index in [1.807, 2.05) is 6.07 Å². The molecule has 2 aliphatic rings. The molecule has 0 heterocycles. The average molecular weight is 189 g/mol. The molecule has 0 aromatic heterocycles. The molecule has 0 unspecified atom stereocenters. The maximum Gasteiger partial charge on any atom is 0.0775 e. The van der Waals surface area contributed by atoms with Crippen molar-refractivity contribution in [2.24, 2.45) is 0 Å². The molecule has 0 spiro atoms. The van der Waals surface area contributed by atoms with Crippen LogP contribution in [-0.2, 0) is 6.42 Å². The van der Waals surface area contributed by atoms with Crippen molar-refractivity contribution in [2.45, 2.75) is 37.5 Å². The van der Waals surface area contributed by atoms with Gasteiger partial charge in [-0.15, -0.1) is 0 Å². The Kier molecular flexibility index (Phi) is 1.85. The highest BCUT2D eigenvalue weighted by atomic mass is 16.3. The van der Waals surface area contributed by atoms with Crippen molar-refractivity contribution in [1.29, 1.82) is 0 Å². The third-order valence-corrected chi connectivity index (χ3v) is 3.20. The SMILES string of the molecule is O[C@H]1Cc2ccccc2[C@H]1NC1CC1. The van der Waals surface area contributed by atoms with E-state index >= 15 is 0 Å². The second kappa shape index (κ2) is 3.07. The lowest BCUT2D eigenvalue weighted by atomic mass is 10.1. The Hall–Kier alpha value is -0.860. The van der Waals surface area contributed by atoms with E-state index in [1.165, 1.54) is 24.0 Å². The van der Waals surface area contributed by atoms with E-state index in [9.17, 15) is 5.11 Å². The van der Waals surface area contributed by atoms with Crippen LogP contribution in [0.25, 0.3) is 0 Å². The summed E-state index contributed by atoms with van der Waals surface area (Å²) in [6, 6.07) is 9.18.